The van der Waals surface area contributed by atoms with Crippen LogP contribution < -0.4 is 0 Å². The largest absolute Gasteiger partial charge is 0.298 e. The van der Waals surface area contributed by atoms with Gasteiger partial charge < -0.3 is 0 Å². The number of Topliss-reactive ketones (excluding diaryl/α,β-unsaturated/α-hetero) is 1. The lowest BCUT2D eigenvalue weighted by molar-refractivity contribution is -0.123. The van der Waals surface area contributed by atoms with Gasteiger partial charge in [-0.1, -0.05) is 29.7 Å². The highest BCUT2D eigenvalue weighted by Crippen LogP contribution is 2.44. The lowest BCUT2D eigenvalue weighted by Gasteiger charge is -2.35. The van der Waals surface area contributed by atoms with Crippen molar-refractivity contribution >= 4 is 17.5 Å². The van der Waals surface area contributed by atoms with Gasteiger partial charge >= 0.3 is 0 Å². The van der Waals surface area contributed by atoms with E-state index in [4.69, 9.17) is 5.53 Å². The zero-order chi connectivity index (χ0) is 14.3. The van der Waals surface area contributed by atoms with Crippen LogP contribution in [0.3, 0.4) is 0 Å². The van der Waals surface area contributed by atoms with Crippen LogP contribution in [0.2, 0.25) is 0 Å². The summed E-state index contributed by atoms with van der Waals surface area (Å²) in [7, 11) is 0. The predicted octanol–water partition coefficient (Wildman–Crippen LogP) is 4.75. The first-order valence-electron chi connectivity index (χ1n) is 7.05. The minimum atomic E-state index is -0.315. The summed E-state index contributed by atoms with van der Waals surface area (Å²) >= 11 is 1.69. The molecule has 1 aromatic rings. The molecule has 2 rings (SSSR count). The Bertz CT molecular complexity index is 499. The Labute approximate surface area is 123 Å². The highest BCUT2D eigenvalue weighted by Gasteiger charge is 2.40. The van der Waals surface area contributed by atoms with Gasteiger partial charge in [0.25, 0.3) is 0 Å². The second-order valence-electron chi connectivity index (χ2n) is 5.10. The maximum Gasteiger partial charge on any atom is 0.149 e. The number of benzene rings is 1. The number of ketones is 1. The fraction of sp³-hybridized carbons (Fsp3) is 0.533. The molecule has 5 heteroatoms. The zero-order valence-corrected chi connectivity index (χ0v) is 12.3. The van der Waals surface area contributed by atoms with E-state index in [1.807, 2.05) is 18.2 Å². The number of rotatable bonds is 6. The van der Waals surface area contributed by atoms with Crippen molar-refractivity contribution in [2.24, 2.45) is 5.11 Å². The van der Waals surface area contributed by atoms with Crippen molar-refractivity contribution in [1.29, 1.82) is 0 Å². The number of nitrogens with zero attached hydrogens (tertiary/aromatic N) is 3. The van der Waals surface area contributed by atoms with E-state index >= 15 is 0 Å². The monoisotopic (exact) mass is 289 g/mol. The van der Waals surface area contributed by atoms with E-state index in [-0.39, 0.29) is 4.75 Å². The molecule has 106 valence electrons. The summed E-state index contributed by atoms with van der Waals surface area (Å²) < 4.78 is -0.315. The lowest BCUT2D eigenvalue weighted by atomic mass is 9.84. The number of thioether (sulfide) groups is 1. The van der Waals surface area contributed by atoms with Crippen molar-refractivity contribution < 1.29 is 4.79 Å². The summed E-state index contributed by atoms with van der Waals surface area (Å²) in [4.78, 5) is 16.4. The molecule has 1 unspecified atom stereocenters. The minimum absolute atomic E-state index is 0.315. The Balaban J connectivity index is 2.10. The van der Waals surface area contributed by atoms with Gasteiger partial charge in [0.2, 0.25) is 0 Å². The average Bonchev–Trinajstić information content (AvgIpc) is 2.48. The van der Waals surface area contributed by atoms with E-state index in [1.165, 1.54) is 0 Å². The third-order valence-corrected chi connectivity index (χ3v) is 5.24. The van der Waals surface area contributed by atoms with Crippen LogP contribution >= 0.6 is 11.8 Å². The SMILES string of the molecule is [N-]=[N+]=NCCCC1(Sc2ccccc2)CCCCC1=O. The maximum absolute atomic E-state index is 12.5. The molecule has 0 radical (unpaired) electrons. The van der Waals surface area contributed by atoms with Crippen LogP contribution in [0, 0.1) is 0 Å². The summed E-state index contributed by atoms with van der Waals surface area (Å²) in [5.41, 5.74) is 8.34. The Kier molecular flexibility index (Phi) is 5.50. The molecule has 0 spiro atoms. The third-order valence-electron chi connectivity index (χ3n) is 3.70. The Morgan fingerprint density at radius 2 is 2.10 bits per heavy atom. The van der Waals surface area contributed by atoms with Crippen LogP contribution in [0.5, 0.6) is 0 Å². The Morgan fingerprint density at radius 3 is 2.80 bits per heavy atom. The minimum Gasteiger partial charge on any atom is -0.298 e. The molecule has 0 aromatic heterocycles. The van der Waals surface area contributed by atoms with E-state index in [0.717, 1.165) is 37.0 Å². The second kappa shape index (κ2) is 7.36. The van der Waals surface area contributed by atoms with Gasteiger partial charge in [0.15, 0.2) is 0 Å². The molecule has 0 amide bonds. The van der Waals surface area contributed by atoms with E-state index in [2.05, 4.69) is 22.2 Å². The average molecular weight is 289 g/mol. The second-order valence-corrected chi connectivity index (χ2v) is 6.55. The highest BCUT2D eigenvalue weighted by atomic mass is 32.2. The Hall–Kier alpha value is -1.45. The molecule has 0 saturated heterocycles. The van der Waals surface area contributed by atoms with E-state index in [1.54, 1.807) is 11.8 Å². The van der Waals surface area contributed by atoms with Gasteiger partial charge in [-0.25, -0.2) is 0 Å². The lowest BCUT2D eigenvalue weighted by Crippen LogP contribution is -2.38. The normalized spacial score (nSPS) is 22.3. The number of hydrogen-bond acceptors (Lipinski definition) is 3. The zero-order valence-electron chi connectivity index (χ0n) is 11.5. The van der Waals surface area contributed by atoms with Crippen LogP contribution in [-0.2, 0) is 4.79 Å². The summed E-state index contributed by atoms with van der Waals surface area (Å²) in [5.74, 6) is 0.360. The molecule has 0 N–H and O–H groups in total. The van der Waals surface area contributed by atoms with Crippen molar-refractivity contribution in [2.45, 2.75) is 48.2 Å². The van der Waals surface area contributed by atoms with Gasteiger partial charge in [0.05, 0.1) is 4.75 Å². The number of carbonyl (C=O) groups is 1. The Morgan fingerprint density at radius 1 is 1.30 bits per heavy atom. The summed E-state index contributed by atoms with van der Waals surface area (Å²) in [5, 5.41) is 3.58. The molecular formula is C15H19N3OS. The van der Waals surface area contributed by atoms with Gasteiger partial charge in [0.1, 0.15) is 5.78 Å². The molecule has 4 nitrogen and oxygen atoms in total. The highest BCUT2D eigenvalue weighted by molar-refractivity contribution is 8.01. The van der Waals surface area contributed by atoms with Crippen molar-refractivity contribution in [3.8, 4) is 0 Å². The molecule has 20 heavy (non-hydrogen) atoms. The first-order chi connectivity index (χ1) is 9.77. The van der Waals surface area contributed by atoms with E-state index in [0.29, 0.717) is 18.7 Å². The van der Waals surface area contributed by atoms with Crippen LogP contribution in [0.15, 0.2) is 40.3 Å². The van der Waals surface area contributed by atoms with E-state index < -0.39 is 0 Å². The van der Waals surface area contributed by atoms with Crippen LogP contribution in [0.1, 0.15) is 38.5 Å². The summed E-state index contributed by atoms with van der Waals surface area (Å²) in [6.45, 7) is 0.473. The van der Waals surface area contributed by atoms with Crippen LogP contribution in [0.25, 0.3) is 10.4 Å². The van der Waals surface area contributed by atoms with Crippen LogP contribution in [-0.4, -0.2) is 17.1 Å². The van der Waals surface area contributed by atoms with Crippen LogP contribution in [0.4, 0.5) is 0 Å². The fourth-order valence-electron chi connectivity index (χ4n) is 2.68. The first kappa shape index (κ1) is 14.9. The van der Waals surface area contributed by atoms with Crippen molar-refractivity contribution in [3.05, 3.63) is 40.8 Å². The van der Waals surface area contributed by atoms with Gasteiger partial charge in [0, 0.05) is 22.8 Å². The third kappa shape index (κ3) is 3.78. The maximum atomic E-state index is 12.5. The van der Waals surface area contributed by atoms with Gasteiger partial charge in [-0.15, -0.1) is 11.8 Å². The standard InChI is InChI=1S/C15H19N3OS/c16-18-17-12-6-11-15(10-5-4-9-14(15)19)20-13-7-2-1-3-8-13/h1-3,7-8H,4-6,9-12H2. The summed E-state index contributed by atoms with van der Waals surface area (Å²) in [6, 6.07) is 10.1. The predicted molar refractivity (Wildman–Crippen MR) is 81.8 cm³/mol. The molecule has 1 aromatic carbocycles. The van der Waals surface area contributed by atoms with Crippen molar-refractivity contribution in [2.75, 3.05) is 6.54 Å². The fourth-order valence-corrected chi connectivity index (χ4v) is 4.13. The molecule has 1 aliphatic rings. The molecule has 0 bridgehead atoms. The smallest absolute Gasteiger partial charge is 0.149 e. The quantitative estimate of drug-likeness (QED) is 0.328. The number of hydrogen-bond donors (Lipinski definition) is 0. The molecular weight excluding hydrogens is 270 g/mol. The van der Waals surface area contributed by atoms with Crippen molar-refractivity contribution in [3.63, 3.8) is 0 Å². The van der Waals surface area contributed by atoms with E-state index in [9.17, 15) is 4.79 Å². The van der Waals surface area contributed by atoms with Gasteiger partial charge in [-0.05, 0) is 43.3 Å². The number of carbonyl (C=O) groups excluding carboxylic acids is 1. The molecule has 0 aliphatic heterocycles. The summed E-state index contributed by atoms with van der Waals surface area (Å²) in [6.07, 6.45) is 5.29. The molecule has 1 atom stereocenters. The van der Waals surface area contributed by atoms with Gasteiger partial charge in [-0.3, -0.25) is 4.79 Å². The van der Waals surface area contributed by atoms with Crippen molar-refractivity contribution in [1.82, 2.24) is 0 Å². The molecule has 1 saturated carbocycles. The first-order valence-corrected chi connectivity index (χ1v) is 7.87. The topological polar surface area (TPSA) is 65.8 Å². The molecule has 0 heterocycles. The molecule has 1 fully saturated rings. The van der Waals surface area contributed by atoms with Gasteiger partial charge in [-0.2, -0.15) is 0 Å². The molecule has 1 aliphatic carbocycles. The number of azide groups is 1.